The first kappa shape index (κ1) is 12.1. The molecule has 4 nitrogen and oxygen atoms in total. The van der Waals surface area contributed by atoms with Crippen LogP contribution < -0.4 is 11.1 Å². The van der Waals surface area contributed by atoms with E-state index in [4.69, 9.17) is 5.73 Å². The average molecular weight is 226 g/mol. The molecule has 0 saturated carbocycles. The summed E-state index contributed by atoms with van der Waals surface area (Å²) in [5, 5.41) is 4.02. The number of nitrogens with one attached hydrogen (secondary N) is 1. The second-order valence-electron chi connectivity index (χ2n) is 3.50. The van der Waals surface area contributed by atoms with Crippen LogP contribution in [0, 0.1) is 0 Å². The Labute approximate surface area is 95.1 Å². The van der Waals surface area contributed by atoms with Gasteiger partial charge in [0, 0.05) is 12.1 Å². The second kappa shape index (κ2) is 5.80. The fourth-order valence-corrected chi connectivity index (χ4v) is 1.75. The molecule has 0 aliphatic carbocycles. The van der Waals surface area contributed by atoms with Crippen LogP contribution in [-0.4, -0.2) is 22.3 Å². The van der Waals surface area contributed by atoms with Crippen LogP contribution in [0.25, 0.3) is 0 Å². The normalized spacial score (nSPS) is 12.5. The molecular formula is C10H18N4S. The van der Waals surface area contributed by atoms with Gasteiger partial charge in [-0.1, -0.05) is 25.1 Å². The number of nitrogens with zero attached hydrogens (tertiary/aromatic N) is 2. The van der Waals surface area contributed by atoms with Crippen molar-refractivity contribution in [1.29, 1.82) is 0 Å². The molecule has 0 bridgehead atoms. The lowest BCUT2D eigenvalue weighted by Crippen LogP contribution is -2.16. The standard InChI is InChI=1S/C10H18N4S/c1-4-5-7(2)12-9-6-8(11)13-10(14-9)15-3/h6-7H,4-5H2,1-3H3,(H3,11,12,13,14). The lowest BCUT2D eigenvalue weighted by molar-refractivity contribution is 0.685. The lowest BCUT2D eigenvalue weighted by Gasteiger charge is -2.13. The van der Waals surface area contributed by atoms with Gasteiger partial charge in [-0.3, -0.25) is 0 Å². The number of aromatic nitrogens is 2. The first-order chi connectivity index (χ1) is 7.15. The third-order valence-electron chi connectivity index (χ3n) is 2.02. The van der Waals surface area contributed by atoms with Crippen molar-refractivity contribution >= 4 is 23.4 Å². The maximum Gasteiger partial charge on any atom is 0.191 e. The molecular weight excluding hydrogens is 208 g/mol. The largest absolute Gasteiger partial charge is 0.383 e. The van der Waals surface area contributed by atoms with Crippen molar-refractivity contribution in [3.8, 4) is 0 Å². The molecule has 5 heteroatoms. The zero-order valence-electron chi connectivity index (χ0n) is 9.45. The van der Waals surface area contributed by atoms with Gasteiger partial charge in [0.1, 0.15) is 11.6 Å². The number of rotatable bonds is 5. The first-order valence-corrected chi connectivity index (χ1v) is 6.33. The molecule has 0 amide bonds. The molecule has 15 heavy (non-hydrogen) atoms. The lowest BCUT2D eigenvalue weighted by atomic mass is 10.2. The molecule has 1 aromatic heterocycles. The Morgan fingerprint density at radius 3 is 2.87 bits per heavy atom. The Morgan fingerprint density at radius 2 is 2.27 bits per heavy atom. The number of hydrogen-bond acceptors (Lipinski definition) is 5. The van der Waals surface area contributed by atoms with Crippen molar-refractivity contribution in [3.63, 3.8) is 0 Å². The zero-order valence-corrected chi connectivity index (χ0v) is 10.3. The van der Waals surface area contributed by atoms with Crippen LogP contribution in [0.15, 0.2) is 11.2 Å². The van der Waals surface area contributed by atoms with Crippen LogP contribution in [0.3, 0.4) is 0 Å². The van der Waals surface area contributed by atoms with Gasteiger partial charge in [0.25, 0.3) is 0 Å². The van der Waals surface area contributed by atoms with Crippen molar-refractivity contribution in [2.45, 2.75) is 37.9 Å². The molecule has 1 atom stereocenters. The Kier molecular flexibility index (Phi) is 4.68. The number of nitrogens with two attached hydrogens (primary N) is 1. The summed E-state index contributed by atoms with van der Waals surface area (Å²) in [4.78, 5) is 8.43. The maximum atomic E-state index is 5.68. The van der Waals surface area contributed by atoms with E-state index in [9.17, 15) is 0 Å². The third-order valence-corrected chi connectivity index (χ3v) is 2.57. The molecule has 0 radical (unpaired) electrons. The topological polar surface area (TPSA) is 63.8 Å². The van der Waals surface area contributed by atoms with Crippen LogP contribution in [-0.2, 0) is 0 Å². The molecule has 1 aromatic rings. The molecule has 1 heterocycles. The zero-order chi connectivity index (χ0) is 11.3. The van der Waals surface area contributed by atoms with Crippen LogP contribution in [0.2, 0.25) is 0 Å². The average Bonchev–Trinajstić information content (AvgIpc) is 2.17. The monoisotopic (exact) mass is 226 g/mol. The molecule has 0 spiro atoms. The van der Waals surface area contributed by atoms with E-state index >= 15 is 0 Å². The van der Waals surface area contributed by atoms with Crippen molar-refractivity contribution in [3.05, 3.63) is 6.07 Å². The molecule has 0 aromatic carbocycles. The highest BCUT2D eigenvalue weighted by Gasteiger charge is 2.04. The number of anilines is 2. The Morgan fingerprint density at radius 1 is 1.53 bits per heavy atom. The van der Waals surface area contributed by atoms with Crippen LogP contribution >= 0.6 is 11.8 Å². The minimum absolute atomic E-state index is 0.416. The smallest absolute Gasteiger partial charge is 0.191 e. The van der Waals surface area contributed by atoms with Crippen LogP contribution in [0.5, 0.6) is 0 Å². The molecule has 84 valence electrons. The SMILES string of the molecule is CCCC(C)Nc1cc(N)nc(SC)n1. The molecule has 3 N–H and O–H groups in total. The summed E-state index contributed by atoms with van der Waals surface area (Å²) in [6.07, 6.45) is 4.22. The third kappa shape index (κ3) is 3.95. The molecule has 0 fully saturated rings. The number of hydrogen-bond donors (Lipinski definition) is 2. The fourth-order valence-electron chi connectivity index (χ4n) is 1.37. The highest BCUT2D eigenvalue weighted by atomic mass is 32.2. The summed E-state index contributed by atoms with van der Waals surface area (Å²) in [6, 6.07) is 2.19. The van der Waals surface area contributed by atoms with E-state index in [2.05, 4.69) is 29.1 Å². The van der Waals surface area contributed by atoms with E-state index in [-0.39, 0.29) is 0 Å². The van der Waals surface area contributed by atoms with Crippen molar-refractivity contribution in [2.75, 3.05) is 17.3 Å². The maximum absolute atomic E-state index is 5.68. The van der Waals surface area contributed by atoms with E-state index in [0.29, 0.717) is 17.0 Å². The van der Waals surface area contributed by atoms with Gasteiger partial charge in [-0.25, -0.2) is 9.97 Å². The van der Waals surface area contributed by atoms with Gasteiger partial charge >= 0.3 is 0 Å². The van der Waals surface area contributed by atoms with Gasteiger partial charge in [0.15, 0.2) is 5.16 Å². The summed E-state index contributed by atoms with van der Waals surface area (Å²) in [5.74, 6) is 1.33. The van der Waals surface area contributed by atoms with E-state index in [1.807, 2.05) is 6.26 Å². The Balaban J connectivity index is 2.71. The van der Waals surface area contributed by atoms with Crippen LogP contribution in [0.1, 0.15) is 26.7 Å². The molecule has 1 unspecified atom stereocenters. The van der Waals surface area contributed by atoms with Crippen molar-refractivity contribution in [1.82, 2.24) is 9.97 Å². The molecule has 0 aliphatic rings. The van der Waals surface area contributed by atoms with Crippen molar-refractivity contribution in [2.24, 2.45) is 0 Å². The summed E-state index contributed by atoms with van der Waals surface area (Å²) in [5.41, 5.74) is 5.68. The predicted molar refractivity (Wildman–Crippen MR) is 66.2 cm³/mol. The summed E-state index contributed by atoms with van der Waals surface area (Å²) in [6.45, 7) is 4.31. The molecule has 0 saturated heterocycles. The highest BCUT2D eigenvalue weighted by molar-refractivity contribution is 7.98. The van der Waals surface area contributed by atoms with Gasteiger partial charge < -0.3 is 11.1 Å². The van der Waals surface area contributed by atoms with Gasteiger partial charge in [-0.05, 0) is 19.6 Å². The second-order valence-corrected chi connectivity index (χ2v) is 4.27. The predicted octanol–water partition coefficient (Wildman–Crippen LogP) is 2.38. The number of nitrogen functional groups attached to an aromatic ring is 1. The van der Waals surface area contributed by atoms with Gasteiger partial charge in [0.2, 0.25) is 0 Å². The Bertz CT molecular complexity index is 316. The molecule has 1 rings (SSSR count). The number of thioether (sulfide) groups is 1. The van der Waals surface area contributed by atoms with Crippen molar-refractivity contribution < 1.29 is 0 Å². The molecule has 0 aliphatic heterocycles. The quantitative estimate of drug-likeness (QED) is 0.596. The minimum atomic E-state index is 0.416. The van der Waals surface area contributed by atoms with E-state index in [1.54, 1.807) is 6.07 Å². The highest BCUT2D eigenvalue weighted by Crippen LogP contribution is 2.16. The van der Waals surface area contributed by atoms with E-state index < -0.39 is 0 Å². The summed E-state index contributed by atoms with van der Waals surface area (Å²) < 4.78 is 0. The summed E-state index contributed by atoms with van der Waals surface area (Å²) in [7, 11) is 0. The van der Waals surface area contributed by atoms with Gasteiger partial charge in [-0.15, -0.1) is 0 Å². The van der Waals surface area contributed by atoms with Gasteiger partial charge in [-0.2, -0.15) is 0 Å². The summed E-state index contributed by atoms with van der Waals surface area (Å²) >= 11 is 1.50. The van der Waals surface area contributed by atoms with E-state index in [1.165, 1.54) is 11.8 Å². The van der Waals surface area contributed by atoms with Crippen LogP contribution in [0.4, 0.5) is 11.6 Å². The fraction of sp³-hybridized carbons (Fsp3) is 0.600. The minimum Gasteiger partial charge on any atom is -0.383 e. The van der Waals surface area contributed by atoms with Gasteiger partial charge in [0.05, 0.1) is 0 Å². The first-order valence-electron chi connectivity index (χ1n) is 5.10. The van der Waals surface area contributed by atoms with E-state index in [0.717, 1.165) is 18.7 Å². The Hall–Kier alpha value is -0.970.